The summed E-state index contributed by atoms with van der Waals surface area (Å²) in [4.78, 5) is 14.3. The first-order valence-electron chi connectivity index (χ1n) is 7.76. The van der Waals surface area contributed by atoms with Gasteiger partial charge in [0.05, 0.1) is 5.69 Å². The van der Waals surface area contributed by atoms with Crippen molar-refractivity contribution in [2.24, 2.45) is 0 Å². The lowest BCUT2D eigenvalue weighted by atomic mass is 9.78. The molecule has 4 heteroatoms. The summed E-state index contributed by atoms with van der Waals surface area (Å²) in [7, 11) is 0. The Morgan fingerprint density at radius 3 is 2.70 bits per heavy atom. The second-order valence-electron chi connectivity index (χ2n) is 6.49. The number of ether oxygens (including phenoxy) is 1. The Bertz CT molecular complexity index is 713. The van der Waals surface area contributed by atoms with Crippen LogP contribution in [0.3, 0.4) is 0 Å². The molecule has 0 spiro atoms. The fraction of sp³-hybridized carbons (Fsp3) is 0.316. The van der Waals surface area contributed by atoms with Crippen molar-refractivity contribution >= 4 is 27.7 Å². The lowest BCUT2D eigenvalue weighted by Crippen LogP contribution is -2.41. The van der Waals surface area contributed by atoms with E-state index in [4.69, 9.17) is 4.74 Å². The number of fused-ring (bicyclic) bond motifs is 1. The van der Waals surface area contributed by atoms with Crippen LogP contribution in [-0.4, -0.2) is 12.6 Å². The molecule has 0 bridgehead atoms. The minimum absolute atomic E-state index is 0.0617. The van der Waals surface area contributed by atoms with E-state index >= 15 is 0 Å². The van der Waals surface area contributed by atoms with Crippen LogP contribution in [0.2, 0.25) is 0 Å². The van der Waals surface area contributed by atoms with Gasteiger partial charge in [0.25, 0.3) is 0 Å². The standard InChI is InChI=1S/C19H20BrNO2/c1-19(2)10-11-21(17-12-15(20)8-9-16(17)19)18(22)23-13-14-6-4-3-5-7-14/h3-9,12H,10-11,13H2,1-2H3. The molecular weight excluding hydrogens is 354 g/mol. The molecule has 0 N–H and O–H groups in total. The van der Waals surface area contributed by atoms with Gasteiger partial charge in [0.1, 0.15) is 6.61 Å². The maximum absolute atomic E-state index is 12.5. The van der Waals surface area contributed by atoms with Gasteiger partial charge in [0, 0.05) is 11.0 Å². The van der Waals surface area contributed by atoms with E-state index in [9.17, 15) is 4.79 Å². The average molecular weight is 374 g/mol. The Kier molecular flexibility index (Phi) is 4.44. The summed E-state index contributed by atoms with van der Waals surface area (Å²) in [6.07, 6.45) is 0.630. The van der Waals surface area contributed by atoms with E-state index in [0.717, 1.165) is 22.1 Å². The Balaban J connectivity index is 1.80. The van der Waals surface area contributed by atoms with E-state index in [1.165, 1.54) is 5.56 Å². The molecule has 3 nitrogen and oxygen atoms in total. The molecule has 0 atom stereocenters. The van der Waals surface area contributed by atoms with E-state index in [1.807, 2.05) is 42.5 Å². The molecule has 1 amide bonds. The van der Waals surface area contributed by atoms with Crippen LogP contribution < -0.4 is 4.90 Å². The van der Waals surface area contributed by atoms with Gasteiger partial charge >= 0.3 is 6.09 Å². The number of nitrogens with zero attached hydrogens (tertiary/aromatic N) is 1. The number of amides is 1. The molecule has 1 heterocycles. The predicted octanol–water partition coefficient (Wildman–Crippen LogP) is 5.27. The molecule has 0 saturated carbocycles. The highest BCUT2D eigenvalue weighted by Gasteiger charge is 2.34. The summed E-state index contributed by atoms with van der Waals surface area (Å²) >= 11 is 3.50. The number of carbonyl (C=O) groups excluding carboxylic acids is 1. The minimum Gasteiger partial charge on any atom is -0.444 e. The summed E-state index contributed by atoms with van der Waals surface area (Å²) in [6, 6.07) is 15.9. The van der Waals surface area contributed by atoms with Crippen molar-refractivity contribution in [3.8, 4) is 0 Å². The highest BCUT2D eigenvalue weighted by molar-refractivity contribution is 9.10. The molecule has 0 saturated heterocycles. The van der Waals surface area contributed by atoms with E-state index < -0.39 is 0 Å². The van der Waals surface area contributed by atoms with Gasteiger partial charge in [0.2, 0.25) is 0 Å². The quantitative estimate of drug-likeness (QED) is 0.716. The molecule has 2 aromatic rings. The molecule has 0 radical (unpaired) electrons. The lowest BCUT2D eigenvalue weighted by molar-refractivity contribution is 0.146. The number of benzene rings is 2. The molecule has 3 rings (SSSR count). The summed E-state index contributed by atoms with van der Waals surface area (Å²) in [6.45, 7) is 5.39. The number of hydrogen-bond donors (Lipinski definition) is 0. The van der Waals surface area contributed by atoms with Crippen molar-refractivity contribution in [2.75, 3.05) is 11.4 Å². The number of halogens is 1. The summed E-state index contributed by atoms with van der Waals surface area (Å²) < 4.78 is 6.47. The number of anilines is 1. The van der Waals surface area contributed by atoms with E-state index in [1.54, 1.807) is 4.90 Å². The van der Waals surface area contributed by atoms with Crippen molar-refractivity contribution in [1.82, 2.24) is 0 Å². The van der Waals surface area contributed by atoms with Crippen LogP contribution in [-0.2, 0) is 16.8 Å². The topological polar surface area (TPSA) is 29.5 Å². The third-order valence-electron chi connectivity index (χ3n) is 4.37. The van der Waals surface area contributed by atoms with Crippen molar-refractivity contribution in [2.45, 2.75) is 32.3 Å². The first-order valence-corrected chi connectivity index (χ1v) is 8.55. The molecule has 0 fully saturated rings. The van der Waals surface area contributed by atoms with Gasteiger partial charge in [-0.05, 0) is 35.1 Å². The summed E-state index contributed by atoms with van der Waals surface area (Å²) in [5.74, 6) is 0. The predicted molar refractivity (Wildman–Crippen MR) is 95.8 cm³/mol. The van der Waals surface area contributed by atoms with Crippen molar-refractivity contribution < 1.29 is 9.53 Å². The van der Waals surface area contributed by atoms with Gasteiger partial charge < -0.3 is 4.74 Å². The van der Waals surface area contributed by atoms with Gasteiger partial charge in [0.15, 0.2) is 0 Å². The monoisotopic (exact) mass is 373 g/mol. The maximum atomic E-state index is 12.5. The number of carbonyl (C=O) groups is 1. The largest absolute Gasteiger partial charge is 0.444 e. The van der Waals surface area contributed by atoms with Gasteiger partial charge in [-0.3, -0.25) is 4.90 Å². The van der Waals surface area contributed by atoms with Crippen molar-refractivity contribution in [3.05, 3.63) is 64.1 Å². The van der Waals surface area contributed by atoms with Crippen LogP contribution in [0.25, 0.3) is 0 Å². The van der Waals surface area contributed by atoms with Crippen LogP contribution >= 0.6 is 15.9 Å². The first kappa shape index (κ1) is 16.1. The van der Waals surface area contributed by atoms with Gasteiger partial charge in [-0.15, -0.1) is 0 Å². The average Bonchev–Trinajstić information content (AvgIpc) is 2.53. The van der Waals surface area contributed by atoms with E-state index in [2.05, 4.69) is 35.8 Å². The first-order chi connectivity index (χ1) is 11.0. The van der Waals surface area contributed by atoms with Crippen LogP contribution in [0.1, 0.15) is 31.4 Å². The van der Waals surface area contributed by atoms with Gasteiger partial charge in [-0.1, -0.05) is 66.2 Å². The maximum Gasteiger partial charge on any atom is 0.414 e. The molecule has 0 aromatic heterocycles. The SMILES string of the molecule is CC1(C)CCN(C(=O)OCc2ccccc2)c2cc(Br)ccc21. The zero-order chi connectivity index (χ0) is 16.4. The van der Waals surface area contributed by atoms with E-state index in [-0.39, 0.29) is 11.5 Å². The fourth-order valence-corrected chi connectivity index (χ4v) is 3.28. The number of hydrogen-bond acceptors (Lipinski definition) is 2. The van der Waals surface area contributed by atoms with Gasteiger partial charge in [-0.25, -0.2) is 4.79 Å². The molecule has 0 unspecified atom stereocenters. The molecule has 2 aromatic carbocycles. The molecule has 23 heavy (non-hydrogen) atoms. The second kappa shape index (κ2) is 6.36. The molecule has 0 aliphatic carbocycles. The second-order valence-corrected chi connectivity index (χ2v) is 7.40. The van der Waals surface area contributed by atoms with Gasteiger partial charge in [-0.2, -0.15) is 0 Å². The lowest BCUT2D eigenvalue weighted by Gasteiger charge is -2.38. The Morgan fingerprint density at radius 1 is 1.22 bits per heavy atom. The fourth-order valence-electron chi connectivity index (χ4n) is 2.93. The van der Waals surface area contributed by atoms with Crippen LogP contribution in [0, 0.1) is 0 Å². The van der Waals surface area contributed by atoms with Crippen molar-refractivity contribution in [1.29, 1.82) is 0 Å². The zero-order valence-corrected chi connectivity index (χ0v) is 15.0. The van der Waals surface area contributed by atoms with Crippen LogP contribution in [0.15, 0.2) is 53.0 Å². The molecule has 120 valence electrons. The molecule has 1 aliphatic rings. The van der Waals surface area contributed by atoms with Crippen LogP contribution in [0.5, 0.6) is 0 Å². The highest BCUT2D eigenvalue weighted by atomic mass is 79.9. The Labute approximate surface area is 145 Å². The van der Waals surface area contributed by atoms with E-state index in [0.29, 0.717) is 13.2 Å². The van der Waals surface area contributed by atoms with Crippen LogP contribution in [0.4, 0.5) is 10.5 Å². The zero-order valence-electron chi connectivity index (χ0n) is 13.4. The normalized spacial score (nSPS) is 15.9. The Hall–Kier alpha value is -1.81. The number of rotatable bonds is 2. The Morgan fingerprint density at radius 2 is 1.96 bits per heavy atom. The molecular formula is C19H20BrNO2. The minimum atomic E-state index is -0.288. The summed E-state index contributed by atoms with van der Waals surface area (Å²) in [5.41, 5.74) is 3.18. The highest BCUT2D eigenvalue weighted by Crippen LogP contribution is 2.41. The third-order valence-corrected chi connectivity index (χ3v) is 4.86. The smallest absolute Gasteiger partial charge is 0.414 e. The van der Waals surface area contributed by atoms with Crippen molar-refractivity contribution in [3.63, 3.8) is 0 Å². The summed E-state index contributed by atoms with van der Waals surface area (Å²) in [5, 5.41) is 0. The molecule has 1 aliphatic heterocycles. The third kappa shape index (κ3) is 3.42.